The Morgan fingerprint density at radius 1 is 1.26 bits per heavy atom. The molecule has 0 unspecified atom stereocenters. The zero-order valence-corrected chi connectivity index (χ0v) is 11.2. The number of aliphatic hydroxyl groups excluding tert-OH is 1. The molecule has 0 aliphatic heterocycles. The van der Waals surface area contributed by atoms with Gasteiger partial charge >= 0.3 is 0 Å². The summed E-state index contributed by atoms with van der Waals surface area (Å²) in [7, 11) is 0. The van der Waals surface area contributed by atoms with Crippen LogP contribution >= 0.6 is 0 Å². The molecule has 2 aromatic rings. The molecule has 1 aromatic carbocycles. The summed E-state index contributed by atoms with van der Waals surface area (Å²) >= 11 is 0. The van der Waals surface area contributed by atoms with Crippen molar-refractivity contribution in [2.75, 3.05) is 6.61 Å². The lowest BCUT2D eigenvalue weighted by Gasteiger charge is -2.25. The summed E-state index contributed by atoms with van der Waals surface area (Å²) in [5.74, 6) is -0.218. The Morgan fingerprint density at radius 2 is 2.00 bits per heavy atom. The number of para-hydroxylation sites is 1. The van der Waals surface area contributed by atoms with Gasteiger partial charge in [0.25, 0.3) is 5.91 Å². The molecular weight excluding hydrogens is 240 g/mol. The predicted molar refractivity (Wildman–Crippen MR) is 75.0 cm³/mol. The summed E-state index contributed by atoms with van der Waals surface area (Å²) in [5.41, 5.74) is 0.749. The lowest BCUT2D eigenvalue weighted by Crippen LogP contribution is -2.44. The van der Waals surface area contributed by atoms with E-state index in [1.165, 1.54) is 0 Å². The predicted octanol–water partition coefficient (Wildman–Crippen LogP) is 2.13. The van der Waals surface area contributed by atoms with Gasteiger partial charge in [-0.15, -0.1) is 0 Å². The SMILES string of the molecule is CC(C)(CCO)NC(=O)c1ccc2ccccc2n1. The minimum absolute atomic E-state index is 0.0401. The number of carbonyl (C=O) groups is 1. The Balaban J connectivity index is 2.22. The van der Waals surface area contributed by atoms with Crippen LogP contribution in [0.5, 0.6) is 0 Å². The van der Waals surface area contributed by atoms with Crippen molar-refractivity contribution >= 4 is 16.8 Å². The van der Waals surface area contributed by atoms with Gasteiger partial charge in [0.15, 0.2) is 0 Å². The second-order valence-electron chi connectivity index (χ2n) is 5.20. The van der Waals surface area contributed by atoms with E-state index in [2.05, 4.69) is 10.3 Å². The molecule has 0 spiro atoms. The minimum atomic E-state index is -0.445. The van der Waals surface area contributed by atoms with Crippen LogP contribution in [0.25, 0.3) is 10.9 Å². The topological polar surface area (TPSA) is 62.2 Å². The third-order valence-corrected chi connectivity index (χ3v) is 3.02. The Kier molecular flexibility index (Phi) is 3.81. The average molecular weight is 258 g/mol. The van der Waals surface area contributed by atoms with E-state index in [9.17, 15) is 4.79 Å². The van der Waals surface area contributed by atoms with Crippen LogP contribution in [-0.4, -0.2) is 28.1 Å². The van der Waals surface area contributed by atoms with Gasteiger partial charge in [0.05, 0.1) is 5.52 Å². The van der Waals surface area contributed by atoms with Crippen molar-refractivity contribution in [1.82, 2.24) is 10.3 Å². The molecule has 1 heterocycles. The number of fused-ring (bicyclic) bond motifs is 1. The number of pyridine rings is 1. The Morgan fingerprint density at radius 3 is 2.74 bits per heavy atom. The molecule has 0 radical (unpaired) electrons. The molecule has 100 valence electrons. The Labute approximate surface area is 112 Å². The zero-order valence-electron chi connectivity index (χ0n) is 11.2. The van der Waals surface area contributed by atoms with Gasteiger partial charge in [0, 0.05) is 17.5 Å². The van der Waals surface area contributed by atoms with Gasteiger partial charge in [0.2, 0.25) is 0 Å². The number of nitrogens with zero attached hydrogens (tertiary/aromatic N) is 1. The van der Waals surface area contributed by atoms with E-state index in [4.69, 9.17) is 5.11 Å². The number of amides is 1. The molecule has 2 N–H and O–H groups in total. The highest BCUT2D eigenvalue weighted by Gasteiger charge is 2.21. The molecule has 19 heavy (non-hydrogen) atoms. The number of carbonyl (C=O) groups excluding carboxylic acids is 1. The van der Waals surface area contributed by atoms with Gasteiger partial charge in [-0.1, -0.05) is 24.3 Å². The Bertz CT molecular complexity index is 593. The number of benzene rings is 1. The fourth-order valence-corrected chi connectivity index (χ4v) is 1.91. The van der Waals surface area contributed by atoms with Crippen molar-refractivity contribution in [3.63, 3.8) is 0 Å². The van der Waals surface area contributed by atoms with E-state index in [0.717, 1.165) is 10.9 Å². The molecule has 0 fully saturated rings. The first-order valence-electron chi connectivity index (χ1n) is 6.31. The van der Waals surface area contributed by atoms with Crippen LogP contribution in [0.3, 0.4) is 0 Å². The largest absolute Gasteiger partial charge is 0.396 e. The van der Waals surface area contributed by atoms with E-state index >= 15 is 0 Å². The molecule has 0 aliphatic carbocycles. The fourth-order valence-electron chi connectivity index (χ4n) is 1.91. The molecule has 1 amide bonds. The van der Waals surface area contributed by atoms with E-state index < -0.39 is 5.54 Å². The van der Waals surface area contributed by atoms with E-state index in [1.54, 1.807) is 6.07 Å². The highest BCUT2D eigenvalue weighted by molar-refractivity contribution is 5.95. The molecule has 4 nitrogen and oxygen atoms in total. The van der Waals surface area contributed by atoms with Crippen molar-refractivity contribution in [3.05, 3.63) is 42.1 Å². The van der Waals surface area contributed by atoms with Crippen molar-refractivity contribution < 1.29 is 9.90 Å². The first-order valence-corrected chi connectivity index (χ1v) is 6.31. The highest BCUT2D eigenvalue weighted by Crippen LogP contribution is 2.13. The van der Waals surface area contributed by atoms with Crippen molar-refractivity contribution in [2.45, 2.75) is 25.8 Å². The molecule has 0 bridgehead atoms. The lowest BCUT2D eigenvalue weighted by atomic mass is 10.0. The van der Waals surface area contributed by atoms with Gasteiger partial charge in [-0.3, -0.25) is 4.79 Å². The van der Waals surface area contributed by atoms with Crippen LogP contribution in [0, 0.1) is 0 Å². The van der Waals surface area contributed by atoms with Crippen molar-refractivity contribution in [2.24, 2.45) is 0 Å². The zero-order chi connectivity index (χ0) is 13.9. The van der Waals surface area contributed by atoms with Crippen LogP contribution in [-0.2, 0) is 0 Å². The maximum atomic E-state index is 12.1. The molecule has 0 saturated heterocycles. The van der Waals surface area contributed by atoms with Crippen LogP contribution in [0.4, 0.5) is 0 Å². The quantitative estimate of drug-likeness (QED) is 0.883. The molecular formula is C15H18N2O2. The summed E-state index contributed by atoms with van der Waals surface area (Å²) < 4.78 is 0. The maximum absolute atomic E-state index is 12.1. The first-order chi connectivity index (χ1) is 9.02. The third kappa shape index (κ3) is 3.29. The fraction of sp³-hybridized carbons (Fsp3) is 0.333. The summed E-state index contributed by atoms with van der Waals surface area (Å²) in [6.45, 7) is 3.79. The van der Waals surface area contributed by atoms with Gasteiger partial charge < -0.3 is 10.4 Å². The maximum Gasteiger partial charge on any atom is 0.270 e. The van der Waals surface area contributed by atoms with E-state index in [-0.39, 0.29) is 12.5 Å². The number of hydrogen-bond donors (Lipinski definition) is 2. The van der Waals surface area contributed by atoms with Gasteiger partial charge in [0.1, 0.15) is 5.69 Å². The average Bonchev–Trinajstić information content (AvgIpc) is 2.37. The van der Waals surface area contributed by atoms with Gasteiger partial charge in [-0.05, 0) is 32.4 Å². The molecule has 0 saturated carbocycles. The van der Waals surface area contributed by atoms with Crippen LogP contribution in [0.1, 0.15) is 30.8 Å². The van der Waals surface area contributed by atoms with E-state index in [1.807, 2.05) is 44.2 Å². The smallest absolute Gasteiger partial charge is 0.270 e. The first kappa shape index (κ1) is 13.5. The molecule has 1 aromatic heterocycles. The lowest BCUT2D eigenvalue weighted by molar-refractivity contribution is 0.0894. The standard InChI is InChI=1S/C15H18N2O2/c1-15(2,9-10-18)17-14(19)13-8-7-11-5-3-4-6-12(11)16-13/h3-8,18H,9-10H2,1-2H3,(H,17,19). The number of nitrogens with one attached hydrogen (secondary N) is 1. The summed E-state index contributed by atoms with van der Waals surface area (Å²) in [6.07, 6.45) is 0.506. The van der Waals surface area contributed by atoms with Crippen LogP contribution in [0.15, 0.2) is 36.4 Å². The summed E-state index contributed by atoms with van der Waals surface area (Å²) in [5, 5.41) is 12.8. The van der Waals surface area contributed by atoms with Crippen LogP contribution in [0.2, 0.25) is 0 Å². The van der Waals surface area contributed by atoms with Crippen molar-refractivity contribution in [1.29, 1.82) is 0 Å². The molecule has 0 atom stereocenters. The molecule has 0 aliphatic rings. The number of aromatic nitrogens is 1. The number of rotatable bonds is 4. The third-order valence-electron chi connectivity index (χ3n) is 3.02. The van der Waals surface area contributed by atoms with Crippen molar-refractivity contribution in [3.8, 4) is 0 Å². The van der Waals surface area contributed by atoms with Gasteiger partial charge in [-0.2, -0.15) is 0 Å². The van der Waals surface area contributed by atoms with Gasteiger partial charge in [-0.25, -0.2) is 4.98 Å². The Hall–Kier alpha value is -1.94. The van der Waals surface area contributed by atoms with Crippen LogP contribution < -0.4 is 5.32 Å². The minimum Gasteiger partial charge on any atom is -0.396 e. The summed E-state index contributed by atoms with van der Waals surface area (Å²) in [4.78, 5) is 16.5. The second kappa shape index (κ2) is 5.36. The highest BCUT2D eigenvalue weighted by atomic mass is 16.3. The summed E-state index contributed by atoms with van der Waals surface area (Å²) in [6, 6.07) is 11.3. The second-order valence-corrected chi connectivity index (χ2v) is 5.20. The normalized spacial score (nSPS) is 11.5. The molecule has 4 heteroatoms. The monoisotopic (exact) mass is 258 g/mol. The number of aliphatic hydroxyl groups is 1. The molecule has 2 rings (SSSR count). The number of hydrogen-bond acceptors (Lipinski definition) is 3. The van der Waals surface area contributed by atoms with E-state index in [0.29, 0.717) is 12.1 Å².